The van der Waals surface area contributed by atoms with Crippen molar-refractivity contribution in [1.82, 2.24) is 26.6 Å². The second kappa shape index (κ2) is 31.6. The van der Waals surface area contributed by atoms with Crippen molar-refractivity contribution in [2.75, 3.05) is 25.4 Å². The molecule has 6 atom stereocenters. The summed E-state index contributed by atoms with van der Waals surface area (Å²) < 4.78 is 5.40. The molecule has 24 heteroatoms. The average Bonchev–Trinajstić information content (AvgIpc) is 3.24. The van der Waals surface area contributed by atoms with Crippen LogP contribution in [0.25, 0.3) is 0 Å². The highest BCUT2D eigenvalue weighted by Gasteiger charge is 2.33. The van der Waals surface area contributed by atoms with E-state index in [0.717, 1.165) is 25.7 Å². The molecule has 23 nitrogen and oxygen atoms in total. The van der Waals surface area contributed by atoms with Gasteiger partial charge < -0.3 is 70.8 Å². The first-order valence-electron chi connectivity index (χ1n) is 21.1. The Kier molecular flexibility index (Phi) is 27.6. The number of esters is 1. The van der Waals surface area contributed by atoms with Crippen molar-refractivity contribution in [2.24, 2.45) is 44.4 Å². The first-order chi connectivity index (χ1) is 30.4. The van der Waals surface area contributed by atoms with Crippen LogP contribution >= 0.6 is 12.6 Å². The quantitative estimate of drug-likeness (QED) is 0.0112. The number of primary amides is 1. The number of amides is 6. The number of nitrogens with one attached hydrogen (secondary N) is 5. The van der Waals surface area contributed by atoms with Crippen LogP contribution in [0, 0.1) is 0 Å². The first kappa shape index (κ1) is 55.8. The summed E-state index contributed by atoms with van der Waals surface area (Å²) in [6, 6.07) is 0.0294. The number of carboxylic acids is 1. The Labute approximate surface area is 378 Å². The summed E-state index contributed by atoms with van der Waals surface area (Å²) in [7, 11) is 0. The third-order valence-electron chi connectivity index (χ3n) is 9.43. The molecule has 0 radical (unpaired) electrons. The normalized spacial score (nSPS) is 13.5. The van der Waals surface area contributed by atoms with E-state index in [1.807, 2.05) is 6.92 Å². The third-order valence-corrected chi connectivity index (χ3v) is 9.82. The van der Waals surface area contributed by atoms with Crippen molar-refractivity contribution in [3.8, 4) is 0 Å². The molecule has 0 aliphatic rings. The number of ether oxygens (including phenoxy) is 1. The lowest BCUT2D eigenvalue weighted by Gasteiger charge is -2.27. The number of carboxylic acid groups (broad SMARTS) is 1. The zero-order chi connectivity index (χ0) is 48.0. The van der Waals surface area contributed by atoms with Crippen LogP contribution in [0.15, 0.2) is 40.3 Å². The van der Waals surface area contributed by atoms with Gasteiger partial charge in [0.1, 0.15) is 36.8 Å². The predicted molar refractivity (Wildman–Crippen MR) is 242 cm³/mol. The SMILES string of the molecule is CCCCCCCC(=O)OC[C@H](NC(=O)[C@H](Cc1ccccc1)NC(=O)[C@H](CCCN=C(N)N)NC(=O)[C@H](CCC(N)=O)NC(=O)[C@@H](N)CS)C(=O)N[C@@H](CCCN=C(N)N)C(=O)O. The van der Waals surface area contributed by atoms with Gasteiger partial charge in [-0.25, -0.2) is 4.79 Å². The highest BCUT2D eigenvalue weighted by molar-refractivity contribution is 7.80. The number of benzene rings is 1. The maximum absolute atomic E-state index is 14.2. The van der Waals surface area contributed by atoms with Crippen LogP contribution in [0.4, 0.5) is 0 Å². The number of nitrogens with zero attached hydrogens (tertiary/aromatic N) is 2. The molecule has 0 bridgehead atoms. The Morgan fingerprint density at radius 3 is 1.66 bits per heavy atom. The second-order valence-corrected chi connectivity index (χ2v) is 15.2. The molecule has 0 spiro atoms. The van der Waals surface area contributed by atoms with Crippen molar-refractivity contribution >= 4 is 71.9 Å². The Hall–Kier alpha value is -6.17. The molecule has 0 unspecified atom stereocenters. The molecule has 358 valence electrons. The number of aliphatic carboxylic acids is 1. The Bertz CT molecular complexity index is 1730. The van der Waals surface area contributed by atoms with E-state index < -0.39 is 90.2 Å². The molecule has 0 aliphatic carbocycles. The molecule has 0 aliphatic heterocycles. The smallest absolute Gasteiger partial charge is 0.326 e. The number of carbonyl (C=O) groups excluding carboxylic acids is 7. The van der Waals surface area contributed by atoms with E-state index in [1.54, 1.807) is 30.3 Å². The fraction of sp³-hybridized carbons (Fsp3) is 0.600. The van der Waals surface area contributed by atoms with E-state index in [4.69, 9.17) is 39.1 Å². The zero-order valence-corrected chi connectivity index (χ0v) is 37.2. The molecule has 0 saturated heterocycles. The summed E-state index contributed by atoms with van der Waals surface area (Å²) in [4.78, 5) is 113. The largest absolute Gasteiger partial charge is 0.480 e. The molecule has 64 heavy (non-hydrogen) atoms. The standard InChI is InChI=1S/C40H67N13O10S/c1-2-3-4-5-9-16-32(55)63-22-30(37(60)51-28(38(61)62)15-11-20-48-40(45)46)53-36(59)29(21-24-12-7-6-8-13-24)52-34(57)26(14-10-19-47-39(43)44)50-35(58)27(17-18-31(42)54)49-33(56)25(41)23-64/h6-8,12-13,25-30,64H,2-5,9-11,14-23,41H2,1H3,(H2,42,54)(H,49,56)(H,50,58)(H,51,60)(H,52,57)(H,53,59)(H,61,62)(H4,43,44,47)(H4,45,46,48)/t25-,26-,27-,28-,29-,30-/m0/s1. The fourth-order valence-corrected chi connectivity index (χ4v) is 6.07. The molecule has 0 saturated carbocycles. The van der Waals surface area contributed by atoms with E-state index in [2.05, 4.69) is 49.2 Å². The lowest BCUT2D eigenvalue weighted by atomic mass is 10.0. The summed E-state index contributed by atoms with van der Waals surface area (Å²) in [5, 5.41) is 22.4. The number of hydrogen-bond acceptors (Lipinski definition) is 13. The van der Waals surface area contributed by atoms with Gasteiger partial charge in [-0.1, -0.05) is 62.9 Å². The summed E-state index contributed by atoms with van der Waals surface area (Å²) >= 11 is 4.01. The van der Waals surface area contributed by atoms with Crippen molar-refractivity contribution in [1.29, 1.82) is 0 Å². The van der Waals surface area contributed by atoms with Gasteiger partial charge in [0.2, 0.25) is 35.4 Å². The minimum atomic E-state index is -1.64. The highest BCUT2D eigenvalue weighted by atomic mass is 32.1. The number of nitrogens with two attached hydrogens (primary N) is 6. The van der Waals surface area contributed by atoms with Gasteiger partial charge in [0, 0.05) is 38.1 Å². The van der Waals surface area contributed by atoms with Gasteiger partial charge in [-0.15, -0.1) is 0 Å². The molecule has 0 fully saturated rings. The van der Waals surface area contributed by atoms with Gasteiger partial charge in [0.25, 0.3) is 0 Å². The minimum Gasteiger partial charge on any atom is -0.480 e. The van der Waals surface area contributed by atoms with Crippen molar-refractivity contribution in [2.45, 2.75) is 127 Å². The zero-order valence-electron chi connectivity index (χ0n) is 36.3. The van der Waals surface area contributed by atoms with E-state index in [-0.39, 0.29) is 82.1 Å². The van der Waals surface area contributed by atoms with Gasteiger partial charge in [-0.2, -0.15) is 12.6 Å². The van der Waals surface area contributed by atoms with E-state index in [0.29, 0.717) is 12.0 Å². The Morgan fingerprint density at radius 1 is 0.625 bits per heavy atom. The molecule has 1 aromatic carbocycles. The van der Waals surface area contributed by atoms with Gasteiger partial charge >= 0.3 is 11.9 Å². The average molecular weight is 922 g/mol. The topological polar surface area (TPSA) is 407 Å². The summed E-state index contributed by atoms with van der Waals surface area (Å²) in [5.74, 6) is -7.78. The van der Waals surface area contributed by atoms with Crippen LogP contribution in [0.5, 0.6) is 0 Å². The molecule has 1 aromatic rings. The van der Waals surface area contributed by atoms with Crippen LogP contribution in [0.3, 0.4) is 0 Å². The number of thiol groups is 1. The van der Waals surface area contributed by atoms with Crippen LogP contribution < -0.4 is 61.0 Å². The van der Waals surface area contributed by atoms with Crippen LogP contribution in [-0.4, -0.2) is 126 Å². The van der Waals surface area contributed by atoms with E-state index in [9.17, 15) is 43.5 Å². The van der Waals surface area contributed by atoms with Gasteiger partial charge in [0.15, 0.2) is 11.9 Å². The monoisotopic (exact) mass is 921 g/mol. The Morgan fingerprint density at radius 2 is 1.11 bits per heavy atom. The summed E-state index contributed by atoms with van der Waals surface area (Å²) in [6.45, 7) is 1.47. The molecule has 1 rings (SSSR count). The number of aliphatic imine (C=N–C) groups is 2. The number of hydrogen-bond donors (Lipinski definition) is 13. The number of carbonyl (C=O) groups is 8. The van der Waals surface area contributed by atoms with Gasteiger partial charge in [0.05, 0.1) is 6.04 Å². The van der Waals surface area contributed by atoms with Crippen LogP contribution in [0.2, 0.25) is 0 Å². The third kappa shape index (κ3) is 24.5. The molecular formula is C40H67N13O10S. The maximum atomic E-state index is 14.2. The fourth-order valence-electron chi connectivity index (χ4n) is 5.90. The lowest BCUT2D eigenvalue weighted by molar-refractivity contribution is -0.148. The second-order valence-electron chi connectivity index (χ2n) is 14.9. The molecule has 18 N–H and O–H groups in total. The van der Waals surface area contributed by atoms with Crippen LogP contribution in [-0.2, 0) is 49.5 Å². The van der Waals surface area contributed by atoms with Gasteiger partial charge in [-0.05, 0) is 44.1 Å². The summed E-state index contributed by atoms with van der Waals surface area (Å²) in [5.41, 5.74) is 33.3. The lowest BCUT2D eigenvalue weighted by Crippen LogP contribution is -2.60. The van der Waals surface area contributed by atoms with Crippen molar-refractivity contribution in [3.63, 3.8) is 0 Å². The van der Waals surface area contributed by atoms with Crippen molar-refractivity contribution in [3.05, 3.63) is 35.9 Å². The maximum Gasteiger partial charge on any atom is 0.326 e. The molecule has 0 aromatic heterocycles. The van der Waals surface area contributed by atoms with Gasteiger partial charge in [-0.3, -0.25) is 43.5 Å². The first-order valence-corrected chi connectivity index (χ1v) is 21.7. The van der Waals surface area contributed by atoms with Crippen molar-refractivity contribution < 1.29 is 48.2 Å². The molecule has 6 amide bonds. The Balaban J connectivity index is 3.55. The molecule has 0 heterocycles. The number of rotatable bonds is 33. The summed E-state index contributed by atoms with van der Waals surface area (Å²) in [6.07, 6.45) is 3.61. The highest BCUT2D eigenvalue weighted by Crippen LogP contribution is 2.10. The number of guanidine groups is 2. The molecular weight excluding hydrogens is 855 g/mol. The van der Waals surface area contributed by atoms with E-state index in [1.165, 1.54) is 0 Å². The predicted octanol–water partition coefficient (Wildman–Crippen LogP) is -2.73. The number of unbranched alkanes of at least 4 members (excludes halogenated alkanes) is 4. The van der Waals surface area contributed by atoms with E-state index >= 15 is 0 Å². The minimum absolute atomic E-state index is 0.0343. The van der Waals surface area contributed by atoms with Crippen LogP contribution in [0.1, 0.15) is 89.5 Å².